The van der Waals surface area contributed by atoms with Crippen molar-refractivity contribution in [1.29, 1.82) is 0 Å². The van der Waals surface area contributed by atoms with Crippen LogP contribution in [0.1, 0.15) is 45.5 Å². The number of aromatic nitrogens is 2. The van der Waals surface area contributed by atoms with Crippen LogP contribution < -0.4 is 10.2 Å². The molecule has 19 heavy (non-hydrogen) atoms. The Bertz CT molecular complexity index is 403. The molecule has 1 aromatic rings. The molecule has 0 saturated heterocycles. The molecule has 0 aliphatic heterocycles. The number of aryl methyl sites for hydroxylation is 1. The summed E-state index contributed by atoms with van der Waals surface area (Å²) >= 11 is 0. The van der Waals surface area contributed by atoms with E-state index in [-0.39, 0.29) is 0 Å². The largest absolute Gasteiger partial charge is 0.370 e. The van der Waals surface area contributed by atoms with Gasteiger partial charge in [-0.25, -0.2) is 9.97 Å². The highest BCUT2D eigenvalue weighted by molar-refractivity contribution is 5.58. The zero-order valence-electron chi connectivity index (χ0n) is 13.2. The Morgan fingerprint density at radius 2 is 1.84 bits per heavy atom. The molecule has 0 aliphatic carbocycles. The third-order valence-electron chi connectivity index (χ3n) is 3.49. The van der Waals surface area contributed by atoms with Crippen molar-refractivity contribution >= 4 is 11.6 Å². The SMILES string of the molecule is CCNc1nc(C)nc(N(CC)CC(C)CC)c1C. The molecule has 1 unspecified atom stereocenters. The maximum Gasteiger partial charge on any atom is 0.137 e. The first-order valence-electron chi connectivity index (χ1n) is 7.37. The van der Waals surface area contributed by atoms with Gasteiger partial charge in [0.25, 0.3) is 0 Å². The molecule has 0 spiro atoms. The standard InChI is InChI=1S/C15H28N4/c1-7-11(4)10-19(9-3)15-12(5)14(16-8-2)17-13(6)18-15/h11H,7-10H2,1-6H3,(H,16,17,18). The topological polar surface area (TPSA) is 41.1 Å². The van der Waals surface area contributed by atoms with Crippen LogP contribution >= 0.6 is 0 Å². The van der Waals surface area contributed by atoms with Crippen LogP contribution in [-0.2, 0) is 0 Å². The van der Waals surface area contributed by atoms with Gasteiger partial charge in [-0.15, -0.1) is 0 Å². The molecule has 1 aromatic heterocycles. The molecule has 0 aromatic carbocycles. The third kappa shape index (κ3) is 4.08. The zero-order valence-corrected chi connectivity index (χ0v) is 13.2. The van der Waals surface area contributed by atoms with Gasteiger partial charge in [-0.1, -0.05) is 20.3 Å². The third-order valence-corrected chi connectivity index (χ3v) is 3.49. The first-order valence-corrected chi connectivity index (χ1v) is 7.37. The van der Waals surface area contributed by atoms with Crippen LogP contribution in [0, 0.1) is 19.8 Å². The minimum Gasteiger partial charge on any atom is -0.370 e. The lowest BCUT2D eigenvalue weighted by molar-refractivity contribution is 0.544. The van der Waals surface area contributed by atoms with E-state index in [1.54, 1.807) is 0 Å². The molecule has 1 atom stereocenters. The summed E-state index contributed by atoms with van der Waals surface area (Å²) in [5, 5.41) is 3.33. The summed E-state index contributed by atoms with van der Waals surface area (Å²) in [6, 6.07) is 0. The molecule has 0 radical (unpaired) electrons. The predicted octanol–water partition coefficient (Wildman–Crippen LogP) is 3.40. The molecule has 1 N–H and O–H groups in total. The van der Waals surface area contributed by atoms with Gasteiger partial charge in [0.15, 0.2) is 0 Å². The molecular weight excluding hydrogens is 236 g/mol. The Kier molecular flexibility index (Phi) is 6.06. The molecule has 0 saturated carbocycles. The second kappa shape index (κ2) is 7.31. The molecule has 1 rings (SSSR count). The van der Waals surface area contributed by atoms with Crippen LogP contribution in [0.15, 0.2) is 0 Å². The Hall–Kier alpha value is -1.32. The van der Waals surface area contributed by atoms with E-state index in [9.17, 15) is 0 Å². The fourth-order valence-electron chi connectivity index (χ4n) is 2.13. The molecule has 0 aliphatic rings. The Labute approximate surface area is 117 Å². The summed E-state index contributed by atoms with van der Waals surface area (Å²) in [6.07, 6.45) is 1.19. The predicted molar refractivity (Wildman–Crippen MR) is 83.0 cm³/mol. The molecular formula is C15H28N4. The number of hydrogen-bond donors (Lipinski definition) is 1. The van der Waals surface area contributed by atoms with Crippen LogP contribution in [-0.4, -0.2) is 29.6 Å². The zero-order chi connectivity index (χ0) is 14.4. The molecule has 0 bridgehead atoms. The van der Waals surface area contributed by atoms with E-state index in [0.717, 1.165) is 42.7 Å². The normalized spacial score (nSPS) is 12.3. The van der Waals surface area contributed by atoms with E-state index < -0.39 is 0 Å². The number of rotatable bonds is 7. The van der Waals surface area contributed by atoms with Crippen molar-refractivity contribution in [2.24, 2.45) is 5.92 Å². The monoisotopic (exact) mass is 264 g/mol. The quantitative estimate of drug-likeness (QED) is 0.819. The number of anilines is 2. The van der Waals surface area contributed by atoms with Gasteiger partial charge in [-0.2, -0.15) is 0 Å². The Morgan fingerprint density at radius 1 is 1.16 bits per heavy atom. The van der Waals surface area contributed by atoms with Gasteiger partial charge in [-0.05, 0) is 33.6 Å². The number of hydrogen-bond acceptors (Lipinski definition) is 4. The lowest BCUT2D eigenvalue weighted by atomic mass is 10.1. The van der Waals surface area contributed by atoms with Gasteiger partial charge in [0.2, 0.25) is 0 Å². The highest BCUT2D eigenvalue weighted by Gasteiger charge is 2.15. The fourth-order valence-corrected chi connectivity index (χ4v) is 2.13. The summed E-state index contributed by atoms with van der Waals surface area (Å²) in [7, 11) is 0. The van der Waals surface area contributed by atoms with Crippen molar-refractivity contribution in [3.8, 4) is 0 Å². The summed E-state index contributed by atoms with van der Waals surface area (Å²) in [5.41, 5.74) is 1.15. The smallest absolute Gasteiger partial charge is 0.137 e. The summed E-state index contributed by atoms with van der Waals surface area (Å²) in [6.45, 7) is 15.8. The average molecular weight is 264 g/mol. The second-order valence-electron chi connectivity index (χ2n) is 5.15. The van der Waals surface area contributed by atoms with Gasteiger partial charge in [-0.3, -0.25) is 0 Å². The van der Waals surface area contributed by atoms with Crippen molar-refractivity contribution in [1.82, 2.24) is 9.97 Å². The second-order valence-corrected chi connectivity index (χ2v) is 5.15. The highest BCUT2D eigenvalue weighted by atomic mass is 15.2. The summed E-state index contributed by atoms with van der Waals surface area (Å²) in [5.74, 6) is 3.55. The lowest BCUT2D eigenvalue weighted by Gasteiger charge is -2.27. The van der Waals surface area contributed by atoms with Gasteiger partial charge in [0, 0.05) is 25.2 Å². The van der Waals surface area contributed by atoms with Crippen molar-refractivity contribution < 1.29 is 0 Å². The van der Waals surface area contributed by atoms with E-state index in [4.69, 9.17) is 0 Å². The van der Waals surface area contributed by atoms with Crippen molar-refractivity contribution in [3.05, 3.63) is 11.4 Å². The highest BCUT2D eigenvalue weighted by Crippen LogP contribution is 2.24. The van der Waals surface area contributed by atoms with E-state index in [1.165, 1.54) is 6.42 Å². The molecule has 1 heterocycles. The van der Waals surface area contributed by atoms with E-state index in [0.29, 0.717) is 5.92 Å². The van der Waals surface area contributed by atoms with Crippen molar-refractivity contribution in [2.75, 3.05) is 29.9 Å². The maximum atomic E-state index is 4.65. The first kappa shape index (κ1) is 15.7. The van der Waals surface area contributed by atoms with Gasteiger partial charge >= 0.3 is 0 Å². The van der Waals surface area contributed by atoms with Gasteiger partial charge < -0.3 is 10.2 Å². The van der Waals surface area contributed by atoms with Crippen molar-refractivity contribution in [3.63, 3.8) is 0 Å². The minimum absolute atomic E-state index is 0.678. The fraction of sp³-hybridized carbons (Fsp3) is 0.733. The van der Waals surface area contributed by atoms with E-state index >= 15 is 0 Å². The first-order chi connectivity index (χ1) is 9.03. The minimum atomic E-state index is 0.678. The Morgan fingerprint density at radius 3 is 2.37 bits per heavy atom. The van der Waals surface area contributed by atoms with Crippen LogP contribution in [0.3, 0.4) is 0 Å². The maximum absolute atomic E-state index is 4.65. The number of nitrogens with one attached hydrogen (secondary N) is 1. The van der Waals surface area contributed by atoms with E-state index in [1.807, 2.05) is 6.92 Å². The van der Waals surface area contributed by atoms with Crippen molar-refractivity contribution in [2.45, 2.75) is 48.0 Å². The molecule has 4 nitrogen and oxygen atoms in total. The number of nitrogens with zero attached hydrogens (tertiary/aromatic N) is 3. The van der Waals surface area contributed by atoms with E-state index in [2.05, 4.69) is 54.8 Å². The molecule has 4 heteroatoms. The van der Waals surface area contributed by atoms with Gasteiger partial charge in [0.1, 0.15) is 17.5 Å². The lowest BCUT2D eigenvalue weighted by Crippen LogP contribution is -2.30. The van der Waals surface area contributed by atoms with Crippen LogP contribution in [0.4, 0.5) is 11.6 Å². The average Bonchev–Trinajstić information content (AvgIpc) is 2.40. The van der Waals surface area contributed by atoms with Crippen LogP contribution in [0.2, 0.25) is 0 Å². The Balaban J connectivity index is 3.08. The molecule has 0 fully saturated rings. The van der Waals surface area contributed by atoms with Gasteiger partial charge in [0.05, 0.1) is 0 Å². The molecule has 0 amide bonds. The summed E-state index contributed by atoms with van der Waals surface area (Å²) in [4.78, 5) is 11.5. The molecule has 108 valence electrons. The van der Waals surface area contributed by atoms with Crippen LogP contribution in [0.25, 0.3) is 0 Å². The summed E-state index contributed by atoms with van der Waals surface area (Å²) < 4.78 is 0. The van der Waals surface area contributed by atoms with Crippen LogP contribution in [0.5, 0.6) is 0 Å².